The van der Waals surface area contributed by atoms with E-state index in [1.807, 2.05) is 0 Å². The zero-order valence-electron chi connectivity index (χ0n) is 10.5. The van der Waals surface area contributed by atoms with Gasteiger partial charge in [0.1, 0.15) is 11.5 Å². The van der Waals surface area contributed by atoms with E-state index in [9.17, 15) is 17.6 Å². The third-order valence-electron chi connectivity index (χ3n) is 2.68. The standard InChI is InChI=1S/C13H9ClF4N2/c1-6-3-7(2)11(8(15)4-6)9-5-10(13(16,17)18)20-12(14)19-9/h3-5H,1-2H3. The summed E-state index contributed by atoms with van der Waals surface area (Å²) in [6.07, 6.45) is -4.67. The van der Waals surface area contributed by atoms with Crippen LogP contribution in [-0.4, -0.2) is 9.97 Å². The molecule has 0 aliphatic heterocycles. The van der Waals surface area contributed by atoms with Crippen LogP contribution in [0.15, 0.2) is 18.2 Å². The molecule has 0 unspecified atom stereocenters. The van der Waals surface area contributed by atoms with Crippen molar-refractivity contribution >= 4 is 11.6 Å². The second-order valence-electron chi connectivity index (χ2n) is 4.34. The number of nitrogens with zero attached hydrogens (tertiary/aromatic N) is 2. The van der Waals surface area contributed by atoms with Gasteiger partial charge in [-0.05, 0) is 48.7 Å². The Hall–Kier alpha value is -1.69. The molecule has 2 rings (SSSR count). The first-order valence-electron chi connectivity index (χ1n) is 5.57. The van der Waals surface area contributed by atoms with Crippen LogP contribution in [0.25, 0.3) is 11.3 Å². The fourth-order valence-electron chi connectivity index (χ4n) is 1.93. The third kappa shape index (κ3) is 2.90. The molecule has 7 heteroatoms. The molecule has 2 nitrogen and oxygen atoms in total. The Bertz CT molecular complexity index is 645. The summed E-state index contributed by atoms with van der Waals surface area (Å²) in [5, 5.41) is -0.575. The lowest BCUT2D eigenvalue weighted by atomic mass is 10.0. The Morgan fingerprint density at radius 1 is 1.05 bits per heavy atom. The van der Waals surface area contributed by atoms with Gasteiger partial charge >= 0.3 is 6.18 Å². The summed E-state index contributed by atoms with van der Waals surface area (Å²) < 4.78 is 52.0. The molecule has 0 atom stereocenters. The Kier molecular flexibility index (Phi) is 3.69. The van der Waals surface area contributed by atoms with Crippen molar-refractivity contribution in [2.45, 2.75) is 20.0 Å². The molecule has 0 N–H and O–H groups in total. The predicted molar refractivity (Wildman–Crippen MR) is 66.9 cm³/mol. The van der Waals surface area contributed by atoms with Crippen LogP contribution in [0.5, 0.6) is 0 Å². The zero-order valence-corrected chi connectivity index (χ0v) is 11.3. The van der Waals surface area contributed by atoms with Gasteiger partial charge in [0.15, 0.2) is 0 Å². The van der Waals surface area contributed by atoms with E-state index < -0.39 is 23.0 Å². The molecule has 1 heterocycles. The lowest BCUT2D eigenvalue weighted by Crippen LogP contribution is -2.09. The van der Waals surface area contributed by atoms with Crippen molar-refractivity contribution < 1.29 is 17.6 Å². The largest absolute Gasteiger partial charge is 0.433 e. The monoisotopic (exact) mass is 304 g/mol. The summed E-state index contributed by atoms with van der Waals surface area (Å²) in [7, 11) is 0. The van der Waals surface area contributed by atoms with Crippen molar-refractivity contribution in [1.82, 2.24) is 9.97 Å². The minimum Gasteiger partial charge on any atom is -0.218 e. The van der Waals surface area contributed by atoms with Crippen LogP contribution >= 0.6 is 11.6 Å². The van der Waals surface area contributed by atoms with Crippen LogP contribution in [0.1, 0.15) is 16.8 Å². The number of rotatable bonds is 1. The van der Waals surface area contributed by atoms with E-state index in [-0.39, 0.29) is 11.3 Å². The number of benzene rings is 1. The second-order valence-corrected chi connectivity index (χ2v) is 4.68. The van der Waals surface area contributed by atoms with Crippen molar-refractivity contribution in [2.75, 3.05) is 0 Å². The maximum Gasteiger partial charge on any atom is 0.433 e. The van der Waals surface area contributed by atoms with Crippen LogP contribution in [0.3, 0.4) is 0 Å². The summed E-state index contributed by atoms with van der Waals surface area (Å²) >= 11 is 5.50. The molecule has 0 saturated heterocycles. The van der Waals surface area contributed by atoms with E-state index >= 15 is 0 Å². The Morgan fingerprint density at radius 3 is 2.25 bits per heavy atom. The van der Waals surface area contributed by atoms with Crippen molar-refractivity contribution in [2.24, 2.45) is 0 Å². The lowest BCUT2D eigenvalue weighted by molar-refractivity contribution is -0.141. The van der Waals surface area contributed by atoms with Gasteiger partial charge in [0, 0.05) is 5.56 Å². The maximum absolute atomic E-state index is 14.0. The molecule has 106 valence electrons. The number of alkyl halides is 3. The van der Waals surface area contributed by atoms with Gasteiger partial charge < -0.3 is 0 Å². The summed E-state index contributed by atoms with van der Waals surface area (Å²) in [6.45, 7) is 3.28. The first-order chi connectivity index (χ1) is 9.18. The van der Waals surface area contributed by atoms with Crippen LogP contribution in [-0.2, 0) is 6.18 Å². The predicted octanol–water partition coefficient (Wildman–Crippen LogP) is 4.57. The Balaban J connectivity index is 2.68. The zero-order chi connectivity index (χ0) is 15.1. The highest BCUT2D eigenvalue weighted by Gasteiger charge is 2.34. The molecular formula is C13H9ClF4N2. The molecule has 20 heavy (non-hydrogen) atoms. The number of hydrogen-bond acceptors (Lipinski definition) is 2. The molecule has 0 aliphatic carbocycles. The molecule has 0 fully saturated rings. The maximum atomic E-state index is 14.0. The van der Waals surface area contributed by atoms with Gasteiger partial charge in [0.2, 0.25) is 5.28 Å². The topological polar surface area (TPSA) is 25.8 Å². The highest BCUT2D eigenvalue weighted by atomic mass is 35.5. The number of hydrogen-bond donors (Lipinski definition) is 0. The van der Waals surface area contributed by atoms with Crippen molar-refractivity contribution in [1.29, 1.82) is 0 Å². The molecule has 0 aliphatic rings. The summed E-state index contributed by atoms with van der Waals surface area (Å²) in [6, 6.07) is 3.57. The Labute approximate surface area is 117 Å². The van der Waals surface area contributed by atoms with E-state index in [1.165, 1.54) is 6.07 Å². The summed E-state index contributed by atoms with van der Waals surface area (Å²) in [5.74, 6) is -0.648. The highest BCUT2D eigenvalue weighted by molar-refractivity contribution is 6.28. The third-order valence-corrected chi connectivity index (χ3v) is 2.85. The minimum absolute atomic E-state index is 0.00889. The van der Waals surface area contributed by atoms with E-state index in [4.69, 9.17) is 11.6 Å². The van der Waals surface area contributed by atoms with Crippen LogP contribution in [0.4, 0.5) is 17.6 Å². The van der Waals surface area contributed by atoms with Gasteiger partial charge in [-0.15, -0.1) is 0 Å². The molecule has 0 spiro atoms. The first kappa shape index (κ1) is 14.7. The SMILES string of the molecule is Cc1cc(C)c(-c2cc(C(F)(F)F)nc(Cl)n2)c(F)c1. The lowest BCUT2D eigenvalue weighted by Gasteiger charge is -2.11. The van der Waals surface area contributed by atoms with Gasteiger partial charge in [-0.3, -0.25) is 0 Å². The van der Waals surface area contributed by atoms with Gasteiger partial charge in [-0.1, -0.05) is 6.07 Å². The van der Waals surface area contributed by atoms with Crippen molar-refractivity contribution in [3.05, 3.63) is 46.1 Å². The van der Waals surface area contributed by atoms with Crippen LogP contribution in [0, 0.1) is 19.7 Å². The van der Waals surface area contributed by atoms with Gasteiger partial charge in [-0.2, -0.15) is 13.2 Å². The number of aryl methyl sites for hydroxylation is 2. The molecular weight excluding hydrogens is 296 g/mol. The first-order valence-corrected chi connectivity index (χ1v) is 5.95. The Morgan fingerprint density at radius 2 is 1.70 bits per heavy atom. The van der Waals surface area contributed by atoms with Gasteiger partial charge in [0.25, 0.3) is 0 Å². The minimum atomic E-state index is -4.67. The van der Waals surface area contributed by atoms with Crippen LogP contribution in [0.2, 0.25) is 5.28 Å². The molecule has 0 bridgehead atoms. The van der Waals surface area contributed by atoms with Gasteiger partial charge in [-0.25, -0.2) is 14.4 Å². The van der Waals surface area contributed by atoms with E-state index in [0.717, 1.165) is 0 Å². The number of halogens is 5. The smallest absolute Gasteiger partial charge is 0.218 e. The summed E-state index contributed by atoms with van der Waals surface area (Å²) in [4.78, 5) is 6.80. The fraction of sp³-hybridized carbons (Fsp3) is 0.231. The fourth-order valence-corrected chi connectivity index (χ4v) is 2.11. The summed E-state index contributed by atoms with van der Waals surface area (Å²) in [5.41, 5.74) is -0.255. The van der Waals surface area contributed by atoms with Crippen molar-refractivity contribution in [3.63, 3.8) is 0 Å². The van der Waals surface area contributed by atoms with E-state index in [0.29, 0.717) is 17.2 Å². The van der Waals surface area contributed by atoms with Gasteiger partial charge in [0.05, 0.1) is 5.69 Å². The molecule has 0 amide bonds. The number of aromatic nitrogens is 2. The second kappa shape index (κ2) is 5.01. The van der Waals surface area contributed by atoms with Crippen LogP contribution < -0.4 is 0 Å². The normalized spacial score (nSPS) is 11.8. The molecule has 0 saturated carbocycles. The average molecular weight is 305 g/mol. The average Bonchev–Trinajstić information content (AvgIpc) is 2.25. The molecule has 2 aromatic rings. The molecule has 1 aromatic carbocycles. The highest BCUT2D eigenvalue weighted by Crippen LogP contribution is 2.33. The van der Waals surface area contributed by atoms with Crippen molar-refractivity contribution in [3.8, 4) is 11.3 Å². The quantitative estimate of drug-likeness (QED) is 0.569. The van der Waals surface area contributed by atoms with E-state index in [2.05, 4.69) is 9.97 Å². The van der Waals surface area contributed by atoms with E-state index in [1.54, 1.807) is 19.9 Å². The molecule has 0 radical (unpaired) electrons. The molecule has 1 aromatic heterocycles.